The SMILES string of the molecule is COc1ccc(S(=O)(=O)N2CCC(C(=O)N(C)Cc3ccco3)CC2)cc1OC. The van der Waals surface area contributed by atoms with Crippen LogP contribution in [0.3, 0.4) is 0 Å². The number of sulfonamides is 1. The van der Waals surface area contributed by atoms with Crippen LogP contribution in [0.1, 0.15) is 18.6 Å². The summed E-state index contributed by atoms with van der Waals surface area (Å²) in [4.78, 5) is 14.5. The van der Waals surface area contributed by atoms with E-state index < -0.39 is 10.0 Å². The van der Waals surface area contributed by atoms with Crippen molar-refractivity contribution in [3.8, 4) is 11.5 Å². The zero-order valence-electron chi connectivity index (χ0n) is 16.8. The van der Waals surface area contributed by atoms with E-state index in [1.54, 1.807) is 30.3 Å². The number of benzene rings is 1. The summed E-state index contributed by atoms with van der Waals surface area (Å²) in [6.07, 6.45) is 2.53. The van der Waals surface area contributed by atoms with Gasteiger partial charge in [0.1, 0.15) is 5.76 Å². The summed E-state index contributed by atoms with van der Waals surface area (Å²) in [5.74, 6) is 1.35. The van der Waals surface area contributed by atoms with Gasteiger partial charge in [-0.3, -0.25) is 4.79 Å². The van der Waals surface area contributed by atoms with E-state index in [1.165, 1.54) is 30.7 Å². The topological polar surface area (TPSA) is 89.3 Å². The first kappa shape index (κ1) is 21.2. The van der Waals surface area contributed by atoms with Crippen molar-refractivity contribution in [1.29, 1.82) is 0 Å². The molecule has 0 aliphatic carbocycles. The summed E-state index contributed by atoms with van der Waals surface area (Å²) < 4.78 is 43.1. The summed E-state index contributed by atoms with van der Waals surface area (Å²) in [6, 6.07) is 8.15. The number of hydrogen-bond donors (Lipinski definition) is 0. The van der Waals surface area contributed by atoms with Crippen LogP contribution in [-0.2, 0) is 21.4 Å². The van der Waals surface area contributed by atoms with E-state index in [-0.39, 0.29) is 16.7 Å². The number of carbonyl (C=O) groups is 1. The molecule has 0 unspecified atom stereocenters. The zero-order chi connectivity index (χ0) is 21.0. The highest BCUT2D eigenvalue weighted by molar-refractivity contribution is 7.89. The number of ether oxygens (including phenoxy) is 2. The van der Waals surface area contributed by atoms with E-state index in [0.717, 1.165) is 0 Å². The Morgan fingerprint density at radius 1 is 1.17 bits per heavy atom. The predicted molar refractivity (Wildman–Crippen MR) is 106 cm³/mol. The Balaban J connectivity index is 1.64. The Labute approximate surface area is 171 Å². The van der Waals surface area contributed by atoms with Gasteiger partial charge in [-0.25, -0.2) is 8.42 Å². The highest BCUT2D eigenvalue weighted by Crippen LogP contribution is 2.32. The number of piperidine rings is 1. The van der Waals surface area contributed by atoms with Crippen LogP contribution in [0.2, 0.25) is 0 Å². The number of amides is 1. The number of hydrogen-bond acceptors (Lipinski definition) is 6. The molecule has 3 rings (SSSR count). The third kappa shape index (κ3) is 4.56. The van der Waals surface area contributed by atoms with Gasteiger partial charge in [-0.1, -0.05) is 0 Å². The summed E-state index contributed by atoms with van der Waals surface area (Å²) in [5.41, 5.74) is 0. The fourth-order valence-corrected chi connectivity index (χ4v) is 4.98. The largest absolute Gasteiger partial charge is 0.493 e. The van der Waals surface area contributed by atoms with Crippen molar-refractivity contribution < 1.29 is 27.1 Å². The molecule has 0 saturated carbocycles. The second-order valence-electron chi connectivity index (χ2n) is 6.97. The van der Waals surface area contributed by atoms with Crippen molar-refractivity contribution in [2.24, 2.45) is 5.92 Å². The fraction of sp³-hybridized carbons (Fsp3) is 0.450. The number of furan rings is 1. The van der Waals surface area contributed by atoms with Crippen LogP contribution in [0.5, 0.6) is 11.5 Å². The van der Waals surface area contributed by atoms with Gasteiger partial charge in [-0.15, -0.1) is 0 Å². The molecule has 9 heteroatoms. The molecule has 8 nitrogen and oxygen atoms in total. The minimum atomic E-state index is -3.67. The number of rotatable bonds is 7. The number of carbonyl (C=O) groups excluding carboxylic acids is 1. The molecule has 2 aromatic rings. The Kier molecular flexibility index (Phi) is 6.49. The van der Waals surface area contributed by atoms with Gasteiger partial charge < -0.3 is 18.8 Å². The summed E-state index contributed by atoms with van der Waals surface area (Å²) in [5, 5.41) is 0. The Morgan fingerprint density at radius 3 is 2.45 bits per heavy atom. The second-order valence-corrected chi connectivity index (χ2v) is 8.91. The molecule has 1 aliphatic rings. The van der Waals surface area contributed by atoms with Crippen molar-refractivity contribution in [1.82, 2.24) is 9.21 Å². The van der Waals surface area contributed by atoms with Gasteiger partial charge in [0.2, 0.25) is 15.9 Å². The molecule has 1 aromatic heterocycles. The summed E-state index contributed by atoms with van der Waals surface area (Å²) in [7, 11) is 1.02. The first-order valence-electron chi connectivity index (χ1n) is 9.36. The van der Waals surface area contributed by atoms with Crippen molar-refractivity contribution in [3.63, 3.8) is 0 Å². The van der Waals surface area contributed by atoms with Gasteiger partial charge in [0.15, 0.2) is 11.5 Å². The van der Waals surface area contributed by atoms with E-state index in [1.807, 2.05) is 6.07 Å². The van der Waals surface area contributed by atoms with Crippen molar-refractivity contribution in [3.05, 3.63) is 42.4 Å². The lowest BCUT2D eigenvalue weighted by molar-refractivity contribution is -0.136. The van der Waals surface area contributed by atoms with E-state index in [2.05, 4.69) is 0 Å². The monoisotopic (exact) mass is 422 g/mol. The molecule has 1 saturated heterocycles. The van der Waals surface area contributed by atoms with E-state index in [9.17, 15) is 13.2 Å². The van der Waals surface area contributed by atoms with Gasteiger partial charge >= 0.3 is 0 Å². The van der Waals surface area contributed by atoms with E-state index >= 15 is 0 Å². The van der Waals surface area contributed by atoms with Crippen LogP contribution in [-0.4, -0.2) is 57.9 Å². The zero-order valence-corrected chi connectivity index (χ0v) is 17.6. The van der Waals surface area contributed by atoms with Crippen LogP contribution < -0.4 is 9.47 Å². The maximum Gasteiger partial charge on any atom is 0.243 e. The number of nitrogens with zero attached hydrogens (tertiary/aromatic N) is 2. The van der Waals surface area contributed by atoms with Crippen molar-refractivity contribution in [2.45, 2.75) is 24.3 Å². The van der Waals surface area contributed by atoms with Gasteiger partial charge in [0.25, 0.3) is 0 Å². The van der Waals surface area contributed by atoms with Crippen LogP contribution in [0.15, 0.2) is 45.9 Å². The van der Waals surface area contributed by atoms with Crippen LogP contribution >= 0.6 is 0 Å². The summed E-state index contributed by atoms with van der Waals surface area (Å²) >= 11 is 0. The average molecular weight is 423 g/mol. The minimum Gasteiger partial charge on any atom is -0.493 e. The van der Waals surface area contributed by atoms with Gasteiger partial charge in [0.05, 0.1) is 31.9 Å². The maximum absolute atomic E-state index is 13.0. The Morgan fingerprint density at radius 2 is 1.86 bits per heavy atom. The third-order valence-corrected chi connectivity index (χ3v) is 7.04. The Hall–Kier alpha value is -2.52. The molecule has 0 N–H and O–H groups in total. The second kappa shape index (κ2) is 8.87. The molecule has 0 radical (unpaired) electrons. The van der Waals surface area contributed by atoms with Gasteiger partial charge in [-0.05, 0) is 37.1 Å². The Bertz CT molecular complexity index is 934. The van der Waals surface area contributed by atoms with Crippen LogP contribution in [0.25, 0.3) is 0 Å². The minimum absolute atomic E-state index is 0.00423. The lowest BCUT2D eigenvalue weighted by Gasteiger charge is -2.32. The predicted octanol–water partition coefficient (Wildman–Crippen LogP) is 2.36. The molecule has 1 fully saturated rings. The molecule has 1 amide bonds. The maximum atomic E-state index is 13.0. The molecule has 2 heterocycles. The lowest BCUT2D eigenvalue weighted by Crippen LogP contribution is -2.43. The molecule has 0 spiro atoms. The van der Waals surface area contributed by atoms with Gasteiger partial charge in [0, 0.05) is 32.1 Å². The van der Waals surface area contributed by atoms with Crippen molar-refractivity contribution >= 4 is 15.9 Å². The average Bonchev–Trinajstić information content (AvgIpc) is 3.25. The van der Waals surface area contributed by atoms with Crippen LogP contribution in [0, 0.1) is 5.92 Å². The smallest absolute Gasteiger partial charge is 0.243 e. The summed E-state index contributed by atoms with van der Waals surface area (Å²) in [6.45, 7) is 0.985. The molecular weight excluding hydrogens is 396 g/mol. The highest BCUT2D eigenvalue weighted by atomic mass is 32.2. The first-order chi connectivity index (χ1) is 13.9. The van der Waals surface area contributed by atoms with E-state index in [4.69, 9.17) is 13.9 Å². The molecule has 158 valence electrons. The standard InChI is InChI=1S/C20H26N2O6S/c1-21(14-16-5-4-12-28-16)20(23)15-8-10-22(11-9-15)29(24,25)17-6-7-18(26-2)19(13-17)27-3/h4-7,12-13,15H,8-11,14H2,1-3H3. The van der Waals surface area contributed by atoms with Crippen LogP contribution in [0.4, 0.5) is 0 Å². The van der Waals surface area contributed by atoms with Crippen molar-refractivity contribution in [2.75, 3.05) is 34.4 Å². The molecule has 1 aromatic carbocycles. The molecule has 29 heavy (non-hydrogen) atoms. The molecule has 0 bridgehead atoms. The quantitative estimate of drug-likeness (QED) is 0.681. The molecule has 0 atom stereocenters. The molecule has 1 aliphatic heterocycles. The highest BCUT2D eigenvalue weighted by Gasteiger charge is 2.33. The normalized spacial score (nSPS) is 15.8. The third-order valence-electron chi connectivity index (χ3n) is 5.15. The first-order valence-corrected chi connectivity index (χ1v) is 10.8. The van der Waals surface area contributed by atoms with E-state index in [0.29, 0.717) is 49.7 Å². The number of methoxy groups -OCH3 is 2. The fourth-order valence-electron chi connectivity index (χ4n) is 3.50. The molecular formula is C20H26N2O6S. The lowest BCUT2D eigenvalue weighted by atomic mass is 9.96. The van der Waals surface area contributed by atoms with Gasteiger partial charge in [-0.2, -0.15) is 4.31 Å².